The second-order valence-corrected chi connectivity index (χ2v) is 16.3. The van der Waals surface area contributed by atoms with Gasteiger partial charge < -0.3 is 27.6 Å². The molecule has 61 heavy (non-hydrogen) atoms. The van der Waals surface area contributed by atoms with Crippen molar-refractivity contribution in [1.82, 2.24) is 0 Å². The average Bonchev–Trinajstić information content (AvgIpc) is 3.21. The Morgan fingerprint density at radius 2 is 1.05 bits per heavy atom. The summed E-state index contributed by atoms with van der Waals surface area (Å²) in [6.07, 6.45) is 0. The van der Waals surface area contributed by atoms with Crippen molar-refractivity contribution in [1.29, 1.82) is 0 Å². The van der Waals surface area contributed by atoms with Crippen LogP contribution in [0.2, 0.25) is 0 Å². The fourth-order valence-corrected chi connectivity index (χ4v) is 7.10. The minimum Gasteiger partial charge on any atom is -0.507 e. The zero-order chi connectivity index (χ0) is 43.6. The average molecular weight is 853 g/mol. The van der Waals surface area contributed by atoms with Crippen LogP contribution >= 0.6 is 0 Å². The third-order valence-electron chi connectivity index (χ3n) is 9.76. The molecule has 0 radical (unpaired) electrons. The van der Waals surface area contributed by atoms with E-state index in [0.717, 1.165) is 44.8 Å². The van der Waals surface area contributed by atoms with Crippen LogP contribution < -0.4 is 24.5 Å². The number of rotatable bonds is 10. The Morgan fingerprint density at radius 3 is 1.54 bits per heavy atom. The number of hydrogen-bond donors (Lipinski definition) is 1. The molecule has 0 aliphatic rings. The van der Waals surface area contributed by atoms with Gasteiger partial charge in [0.15, 0.2) is 16.6 Å². The molecule has 10 nitrogen and oxygen atoms in total. The summed E-state index contributed by atoms with van der Waals surface area (Å²) in [6, 6.07) is 35.2. The van der Waals surface area contributed by atoms with Gasteiger partial charge in [-0.25, -0.2) is 0 Å². The van der Waals surface area contributed by atoms with Crippen LogP contribution in [-0.4, -0.2) is 19.0 Å². The van der Waals surface area contributed by atoms with Crippen molar-refractivity contribution < 1.29 is 49.2 Å². The van der Waals surface area contributed by atoms with Gasteiger partial charge in [-0.15, -0.1) is 0 Å². The highest BCUT2D eigenvalue weighted by Crippen LogP contribution is 2.36. The van der Waals surface area contributed by atoms with Gasteiger partial charge in [0.2, 0.25) is 0 Å². The zero-order valence-electron chi connectivity index (χ0n) is 33.3. The first kappa shape index (κ1) is 42.3. The Hall–Kier alpha value is -6.80. The number of ether oxygens (including phenoxy) is 2. The number of benzene rings is 6. The van der Waals surface area contributed by atoms with Gasteiger partial charge >= 0.3 is 15.6 Å². The lowest BCUT2D eigenvalue weighted by atomic mass is 10.1. The first-order chi connectivity index (χ1) is 29.0. The highest BCUT2D eigenvalue weighted by molar-refractivity contribution is 7.88. The maximum Gasteiger partial charge on any atom is 0.534 e. The van der Waals surface area contributed by atoms with Crippen molar-refractivity contribution in [3.05, 3.63) is 164 Å². The zero-order valence-corrected chi connectivity index (χ0v) is 34.1. The molecular formula is C47H39F3O10S. The molecule has 0 aliphatic carbocycles. The maximum atomic E-state index is 13.0. The molecule has 6 aromatic carbocycles. The largest absolute Gasteiger partial charge is 0.534 e. The van der Waals surface area contributed by atoms with Crippen LogP contribution in [0.15, 0.2) is 140 Å². The molecule has 2 aromatic heterocycles. The Kier molecular flexibility index (Phi) is 11.8. The summed E-state index contributed by atoms with van der Waals surface area (Å²) < 4.78 is 89.7. The van der Waals surface area contributed by atoms with Crippen molar-refractivity contribution >= 4 is 53.6 Å². The van der Waals surface area contributed by atoms with Gasteiger partial charge in [-0.1, -0.05) is 113 Å². The van der Waals surface area contributed by atoms with E-state index in [9.17, 15) is 36.3 Å². The van der Waals surface area contributed by atoms with Crippen molar-refractivity contribution in [3.8, 4) is 23.0 Å². The number of halogens is 3. The Bertz CT molecular complexity index is 3140. The Morgan fingerprint density at radius 1 is 0.607 bits per heavy atom. The molecule has 0 saturated heterocycles. The fraction of sp³-hybridized carbons (Fsp3) is 0.191. The van der Waals surface area contributed by atoms with E-state index in [-0.39, 0.29) is 52.1 Å². The summed E-state index contributed by atoms with van der Waals surface area (Å²) in [4.78, 5) is 24.9. The van der Waals surface area contributed by atoms with E-state index in [1.807, 2.05) is 80.6 Å². The van der Waals surface area contributed by atoms with Gasteiger partial charge in [0, 0.05) is 48.2 Å². The lowest BCUT2D eigenvalue weighted by molar-refractivity contribution is -0.0499. The lowest BCUT2D eigenvalue weighted by Crippen LogP contribution is -2.28. The molecule has 0 atom stereocenters. The Balaban J connectivity index is 0.000000189. The molecule has 14 heteroatoms. The van der Waals surface area contributed by atoms with Gasteiger partial charge in [-0.2, -0.15) is 21.6 Å². The molecular weight excluding hydrogens is 814 g/mol. The van der Waals surface area contributed by atoms with Crippen LogP contribution in [0.1, 0.15) is 62.2 Å². The summed E-state index contributed by atoms with van der Waals surface area (Å²) in [5, 5.41) is 14.2. The third kappa shape index (κ3) is 9.19. The molecule has 8 rings (SSSR count). The first-order valence-corrected chi connectivity index (χ1v) is 20.5. The molecule has 2 heterocycles. The second-order valence-electron chi connectivity index (χ2n) is 14.8. The minimum atomic E-state index is -6.03. The third-order valence-corrected chi connectivity index (χ3v) is 10.7. The molecule has 0 aliphatic heterocycles. The quantitative estimate of drug-likeness (QED) is 0.104. The Labute approximate surface area is 347 Å². The van der Waals surface area contributed by atoms with Crippen molar-refractivity contribution in [2.24, 2.45) is 0 Å². The van der Waals surface area contributed by atoms with Crippen LogP contribution in [-0.2, 0) is 23.3 Å². The molecule has 0 unspecified atom stereocenters. The van der Waals surface area contributed by atoms with Gasteiger partial charge in [-0.05, 0) is 32.7 Å². The molecule has 0 amide bonds. The van der Waals surface area contributed by atoms with Crippen molar-refractivity contribution in [2.45, 2.75) is 58.3 Å². The van der Waals surface area contributed by atoms with Crippen LogP contribution in [0.4, 0.5) is 13.2 Å². The summed E-state index contributed by atoms with van der Waals surface area (Å²) in [5.41, 5.74) is -4.66. The predicted octanol–water partition coefficient (Wildman–Crippen LogP) is 11.2. The van der Waals surface area contributed by atoms with Gasteiger partial charge in [-0.3, -0.25) is 9.59 Å². The van der Waals surface area contributed by atoms with E-state index < -0.39 is 32.2 Å². The number of hydrogen-bond acceptors (Lipinski definition) is 10. The first-order valence-electron chi connectivity index (χ1n) is 19.1. The number of phenolic OH excluding ortho intramolecular Hbond substituents is 1. The number of alkyl halides is 3. The van der Waals surface area contributed by atoms with Crippen molar-refractivity contribution in [2.75, 3.05) is 0 Å². The second kappa shape index (κ2) is 17.1. The van der Waals surface area contributed by atoms with E-state index >= 15 is 0 Å². The van der Waals surface area contributed by atoms with E-state index in [1.165, 1.54) is 18.2 Å². The molecule has 0 spiro atoms. The highest BCUT2D eigenvalue weighted by Gasteiger charge is 2.49. The smallest absolute Gasteiger partial charge is 0.507 e. The van der Waals surface area contributed by atoms with Crippen LogP contribution in [0, 0.1) is 0 Å². The molecule has 8 aromatic rings. The topological polar surface area (TPSA) is 142 Å². The standard InChI is InChI=1S/C24H19F3O6S.C23H20O4/c1-14(2)20-12-19(28)23-21(32-20)10-17(11-22(23)33-34(29,30)24(25,26)27)31-13-16-8-5-7-15-6-3-4-9-18(15)16;1-14(2)21-12-20(25)23-19(24)10-17(11-22(23)27-21)26-13-16-8-5-7-15-6-3-4-9-18(15)16/h3-12,14H,13H2,1-2H3;3-12,14,24H,13H2,1-2H3. The summed E-state index contributed by atoms with van der Waals surface area (Å²) in [7, 11) is -6.03. The normalized spacial score (nSPS) is 12.0. The molecule has 0 saturated carbocycles. The summed E-state index contributed by atoms with van der Waals surface area (Å²) in [5.74, 6) is 0.182. The van der Waals surface area contributed by atoms with Gasteiger partial charge in [0.1, 0.15) is 63.9 Å². The van der Waals surface area contributed by atoms with E-state index in [4.69, 9.17) is 18.3 Å². The van der Waals surface area contributed by atoms with Gasteiger partial charge in [0.25, 0.3) is 0 Å². The summed E-state index contributed by atoms with van der Waals surface area (Å²) >= 11 is 0. The minimum absolute atomic E-state index is 0.0203. The molecule has 314 valence electrons. The highest BCUT2D eigenvalue weighted by atomic mass is 32.2. The lowest BCUT2D eigenvalue weighted by Gasteiger charge is -2.15. The van der Waals surface area contributed by atoms with Gasteiger partial charge in [0.05, 0.1) is 0 Å². The predicted molar refractivity (Wildman–Crippen MR) is 227 cm³/mol. The number of fused-ring (bicyclic) bond motifs is 4. The molecule has 1 N–H and O–H groups in total. The van der Waals surface area contributed by atoms with E-state index in [0.29, 0.717) is 23.7 Å². The fourth-order valence-electron chi connectivity index (χ4n) is 6.63. The maximum absolute atomic E-state index is 13.0. The van der Waals surface area contributed by atoms with Crippen LogP contribution in [0.25, 0.3) is 43.5 Å². The number of aromatic hydroxyl groups is 1. The van der Waals surface area contributed by atoms with Crippen LogP contribution in [0.5, 0.6) is 23.0 Å². The monoisotopic (exact) mass is 852 g/mol. The van der Waals surface area contributed by atoms with E-state index in [2.05, 4.69) is 22.4 Å². The van der Waals surface area contributed by atoms with E-state index in [1.54, 1.807) is 19.9 Å². The van der Waals surface area contributed by atoms with Crippen LogP contribution in [0.3, 0.4) is 0 Å². The summed E-state index contributed by atoms with van der Waals surface area (Å²) in [6.45, 7) is 7.79. The SMILES string of the molecule is CC(C)c1cc(=O)c2c(O)cc(OCc3cccc4ccccc34)cc2o1.CC(C)c1cc(=O)c2c(OS(=O)(=O)C(F)(F)F)cc(OCc3cccc4ccccc34)cc2o1. The molecule has 0 fully saturated rings. The molecule has 0 bridgehead atoms. The van der Waals surface area contributed by atoms with Crippen molar-refractivity contribution in [3.63, 3.8) is 0 Å². The number of phenols is 1.